The summed E-state index contributed by atoms with van der Waals surface area (Å²) in [5.74, 6) is 1.50. The summed E-state index contributed by atoms with van der Waals surface area (Å²) in [6, 6.07) is 8.70. The topological polar surface area (TPSA) is 30.5 Å². The van der Waals surface area contributed by atoms with Gasteiger partial charge < -0.3 is 14.8 Å². The molecule has 0 bridgehead atoms. The van der Waals surface area contributed by atoms with Crippen LogP contribution < -0.4 is 10.1 Å². The summed E-state index contributed by atoms with van der Waals surface area (Å²) >= 11 is 0. The van der Waals surface area contributed by atoms with Crippen LogP contribution in [0.1, 0.15) is 33.6 Å². The van der Waals surface area contributed by atoms with Crippen molar-refractivity contribution in [2.75, 3.05) is 18.5 Å². The predicted molar refractivity (Wildman–Crippen MR) is 78.8 cm³/mol. The average Bonchev–Trinajstić information content (AvgIpc) is 2.35. The van der Waals surface area contributed by atoms with Crippen LogP contribution >= 0.6 is 0 Å². The van der Waals surface area contributed by atoms with Gasteiger partial charge in [-0.3, -0.25) is 0 Å². The van der Waals surface area contributed by atoms with E-state index in [1.54, 1.807) is 0 Å². The maximum Gasteiger partial charge on any atom is 0.142 e. The molecule has 0 spiro atoms. The zero-order valence-corrected chi connectivity index (χ0v) is 12.2. The molecular weight excluding hydrogens is 238 g/mol. The molecule has 3 heteroatoms. The second-order valence-electron chi connectivity index (χ2n) is 5.59. The highest BCUT2D eigenvalue weighted by atomic mass is 16.5. The summed E-state index contributed by atoms with van der Waals surface area (Å²) in [6.07, 6.45) is 2.62. The maximum absolute atomic E-state index is 5.85. The summed E-state index contributed by atoms with van der Waals surface area (Å²) in [5, 5.41) is 3.55. The summed E-state index contributed by atoms with van der Waals surface area (Å²) in [5.41, 5.74) is 1.10. The van der Waals surface area contributed by atoms with Crippen molar-refractivity contribution in [2.45, 2.75) is 45.8 Å². The lowest BCUT2D eigenvalue weighted by atomic mass is 9.89. The van der Waals surface area contributed by atoms with E-state index in [2.05, 4.69) is 32.2 Å². The summed E-state index contributed by atoms with van der Waals surface area (Å²) in [6.45, 7) is 7.94. The van der Waals surface area contributed by atoms with E-state index in [0.29, 0.717) is 18.1 Å². The van der Waals surface area contributed by atoms with Crippen LogP contribution in [0.3, 0.4) is 0 Å². The number of hydrogen-bond acceptors (Lipinski definition) is 3. The van der Waals surface area contributed by atoms with Crippen molar-refractivity contribution in [2.24, 2.45) is 5.92 Å². The second-order valence-corrected chi connectivity index (χ2v) is 5.59. The van der Waals surface area contributed by atoms with Gasteiger partial charge in [-0.1, -0.05) is 26.0 Å². The molecule has 1 aromatic carbocycles. The van der Waals surface area contributed by atoms with Crippen LogP contribution in [0, 0.1) is 5.92 Å². The number of para-hydroxylation sites is 2. The van der Waals surface area contributed by atoms with Gasteiger partial charge in [-0.15, -0.1) is 0 Å². The zero-order chi connectivity index (χ0) is 13.7. The zero-order valence-electron chi connectivity index (χ0n) is 12.2. The lowest BCUT2D eigenvalue weighted by Gasteiger charge is -2.36. The van der Waals surface area contributed by atoms with Gasteiger partial charge >= 0.3 is 0 Å². The molecular formula is C16H25NO2. The van der Waals surface area contributed by atoms with Crippen LogP contribution in [0.15, 0.2) is 24.3 Å². The molecule has 0 saturated heterocycles. The molecule has 1 N–H and O–H groups in total. The monoisotopic (exact) mass is 263 g/mol. The highest BCUT2D eigenvalue weighted by molar-refractivity contribution is 5.57. The van der Waals surface area contributed by atoms with Crippen molar-refractivity contribution in [3.63, 3.8) is 0 Å². The fraction of sp³-hybridized carbons (Fsp3) is 0.625. The van der Waals surface area contributed by atoms with Gasteiger partial charge in [-0.2, -0.15) is 0 Å². The first-order valence-electron chi connectivity index (χ1n) is 7.29. The first-order valence-corrected chi connectivity index (χ1v) is 7.29. The molecule has 3 nitrogen and oxygen atoms in total. The Morgan fingerprint density at radius 3 is 2.68 bits per heavy atom. The van der Waals surface area contributed by atoms with E-state index >= 15 is 0 Å². The maximum atomic E-state index is 5.85. The van der Waals surface area contributed by atoms with Crippen molar-refractivity contribution in [3.05, 3.63) is 24.3 Å². The molecule has 0 heterocycles. The van der Waals surface area contributed by atoms with Crippen molar-refractivity contribution >= 4 is 5.69 Å². The average molecular weight is 263 g/mol. The lowest BCUT2D eigenvalue weighted by molar-refractivity contribution is 0.00294. The number of hydrogen-bond donors (Lipinski definition) is 1. The molecule has 0 atom stereocenters. The molecule has 1 aromatic rings. The normalized spacial score (nSPS) is 22.1. The van der Waals surface area contributed by atoms with Crippen LogP contribution in [0.4, 0.5) is 5.69 Å². The predicted octanol–water partition coefficient (Wildman–Crippen LogP) is 3.70. The van der Waals surface area contributed by atoms with Crippen LogP contribution in [0.2, 0.25) is 0 Å². The van der Waals surface area contributed by atoms with Gasteiger partial charge in [-0.05, 0) is 37.8 Å². The molecule has 2 rings (SSSR count). The number of anilines is 1. The summed E-state index contributed by atoms with van der Waals surface area (Å²) < 4.78 is 11.4. The van der Waals surface area contributed by atoms with Crippen molar-refractivity contribution in [3.8, 4) is 5.75 Å². The van der Waals surface area contributed by atoms with Crippen LogP contribution in [-0.2, 0) is 4.74 Å². The van der Waals surface area contributed by atoms with Gasteiger partial charge in [0.15, 0.2) is 0 Å². The summed E-state index contributed by atoms with van der Waals surface area (Å²) in [7, 11) is 0. The Hall–Kier alpha value is -1.22. The minimum Gasteiger partial charge on any atom is -0.491 e. The molecule has 0 aliphatic heterocycles. The number of ether oxygens (including phenoxy) is 2. The van der Waals surface area contributed by atoms with E-state index in [0.717, 1.165) is 37.5 Å². The van der Waals surface area contributed by atoms with Gasteiger partial charge in [0.1, 0.15) is 5.75 Å². The Bertz CT molecular complexity index is 386. The number of nitrogens with one attached hydrogen (secondary N) is 1. The Balaban J connectivity index is 1.86. The Morgan fingerprint density at radius 2 is 2.00 bits per heavy atom. The fourth-order valence-corrected chi connectivity index (χ4v) is 2.24. The smallest absolute Gasteiger partial charge is 0.142 e. The first-order chi connectivity index (χ1) is 9.19. The second kappa shape index (κ2) is 6.80. The van der Waals surface area contributed by atoms with Crippen molar-refractivity contribution < 1.29 is 9.47 Å². The van der Waals surface area contributed by atoms with E-state index in [9.17, 15) is 0 Å². The molecule has 0 unspecified atom stereocenters. The van der Waals surface area contributed by atoms with E-state index in [-0.39, 0.29) is 0 Å². The third-order valence-corrected chi connectivity index (χ3v) is 3.32. The van der Waals surface area contributed by atoms with E-state index in [1.165, 1.54) is 0 Å². The highest BCUT2D eigenvalue weighted by Crippen LogP contribution is 2.31. The SMILES string of the molecule is CCOC1CC(Nc2ccccc2OCC(C)C)C1. The standard InChI is InChI=1S/C16H25NO2/c1-4-18-14-9-13(10-14)17-15-7-5-6-8-16(15)19-11-12(2)3/h5-8,12-14,17H,4,9-11H2,1-3H3. The van der Waals surface area contributed by atoms with Crippen molar-refractivity contribution in [1.29, 1.82) is 0 Å². The van der Waals surface area contributed by atoms with Gasteiger partial charge in [0, 0.05) is 12.6 Å². The lowest BCUT2D eigenvalue weighted by Crippen LogP contribution is -2.40. The molecule has 0 radical (unpaired) electrons. The van der Waals surface area contributed by atoms with Crippen LogP contribution in [-0.4, -0.2) is 25.4 Å². The van der Waals surface area contributed by atoms with E-state index in [4.69, 9.17) is 9.47 Å². The van der Waals surface area contributed by atoms with Crippen LogP contribution in [0.5, 0.6) is 5.75 Å². The van der Waals surface area contributed by atoms with Gasteiger partial charge in [0.05, 0.1) is 18.4 Å². The minimum absolute atomic E-state index is 0.436. The minimum atomic E-state index is 0.436. The Kier molecular flexibility index (Phi) is 5.08. The largest absolute Gasteiger partial charge is 0.491 e. The van der Waals surface area contributed by atoms with Crippen molar-refractivity contribution in [1.82, 2.24) is 0 Å². The number of rotatable bonds is 7. The Labute approximate surface area is 116 Å². The molecule has 1 aliphatic carbocycles. The quantitative estimate of drug-likeness (QED) is 0.813. The molecule has 1 fully saturated rings. The molecule has 1 aliphatic rings. The van der Waals surface area contributed by atoms with E-state index < -0.39 is 0 Å². The molecule has 0 amide bonds. The third-order valence-electron chi connectivity index (χ3n) is 3.32. The van der Waals surface area contributed by atoms with E-state index in [1.807, 2.05) is 18.2 Å². The molecule has 1 saturated carbocycles. The third kappa shape index (κ3) is 4.13. The summed E-state index contributed by atoms with van der Waals surface area (Å²) in [4.78, 5) is 0. The van der Waals surface area contributed by atoms with Gasteiger partial charge in [0.25, 0.3) is 0 Å². The molecule has 19 heavy (non-hydrogen) atoms. The fourth-order valence-electron chi connectivity index (χ4n) is 2.24. The van der Waals surface area contributed by atoms with Crippen LogP contribution in [0.25, 0.3) is 0 Å². The van der Waals surface area contributed by atoms with Gasteiger partial charge in [-0.25, -0.2) is 0 Å². The molecule has 106 valence electrons. The first kappa shape index (κ1) is 14.2. The molecule has 0 aromatic heterocycles. The Morgan fingerprint density at radius 1 is 1.26 bits per heavy atom. The number of benzene rings is 1. The van der Waals surface area contributed by atoms with Gasteiger partial charge in [0.2, 0.25) is 0 Å². The highest BCUT2D eigenvalue weighted by Gasteiger charge is 2.29.